The normalized spacial score (nSPS) is 10.4. The van der Waals surface area contributed by atoms with Crippen LogP contribution in [0.3, 0.4) is 0 Å². The predicted molar refractivity (Wildman–Crippen MR) is 121 cm³/mol. The summed E-state index contributed by atoms with van der Waals surface area (Å²) in [7, 11) is 0. The van der Waals surface area contributed by atoms with Gasteiger partial charge >= 0.3 is 0 Å². The summed E-state index contributed by atoms with van der Waals surface area (Å²) in [5, 5.41) is 10.2. The van der Waals surface area contributed by atoms with E-state index < -0.39 is 11.8 Å². The van der Waals surface area contributed by atoms with Crippen LogP contribution in [0.2, 0.25) is 10.0 Å². The Hall–Kier alpha value is -2.80. The number of halogens is 3. The summed E-state index contributed by atoms with van der Waals surface area (Å²) in [5.74, 6) is -0.868. The van der Waals surface area contributed by atoms with Crippen molar-refractivity contribution in [3.63, 3.8) is 0 Å². The van der Waals surface area contributed by atoms with Crippen molar-refractivity contribution < 1.29 is 9.59 Å². The highest BCUT2D eigenvalue weighted by molar-refractivity contribution is 6.36. The lowest BCUT2D eigenvalue weighted by Crippen LogP contribution is -2.25. The molecule has 9 heteroatoms. The van der Waals surface area contributed by atoms with Gasteiger partial charge in [-0.25, -0.2) is 0 Å². The van der Waals surface area contributed by atoms with E-state index in [0.717, 1.165) is 0 Å². The fourth-order valence-electron chi connectivity index (χ4n) is 2.57. The van der Waals surface area contributed by atoms with Gasteiger partial charge in [0.25, 0.3) is 11.8 Å². The van der Waals surface area contributed by atoms with Gasteiger partial charge in [0.05, 0.1) is 34.2 Å². The van der Waals surface area contributed by atoms with Crippen molar-refractivity contribution in [3.8, 4) is 0 Å². The Morgan fingerprint density at radius 3 is 1.97 bits per heavy atom. The first-order valence-corrected chi connectivity index (χ1v) is 10.2. The molecule has 0 spiro atoms. The van der Waals surface area contributed by atoms with E-state index >= 15 is 0 Å². The van der Waals surface area contributed by atoms with Crippen LogP contribution in [0, 0.1) is 0 Å². The van der Waals surface area contributed by atoms with E-state index in [9.17, 15) is 9.59 Å². The second kappa shape index (κ2) is 10.3. The molecule has 0 fully saturated rings. The molecule has 6 nitrogen and oxygen atoms in total. The van der Waals surface area contributed by atoms with Crippen molar-refractivity contribution in [1.29, 1.82) is 0 Å². The van der Waals surface area contributed by atoms with Crippen molar-refractivity contribution in [2.45, 2.75) is 6.54 Å². The minimum atomic E-state index is -0.627. The summed E-state index contributed by atoms with van der Waals surface area (Å²) in [6.07, 6.45) is 4.67. The summed E-state index contributed by atoms with van der Waals surface area (Å²) in [4.78, 5) is 25.9. The second-order valence-corrected chi connectivity index (χ2v) is 7.34. The largest absolute Gasteiger partial charge is 0.320 e. The van der Waals surface area contributed by atoms with Crippen molar-refractivity contribution in [3.05, 3.63) is 82.1 Å². The Morgan fingerprint density at radius 1 is 0.933 bits per heavy atom. The molecule has 1 aromatic heterocycles. The summed E-state index contributed by atoms with van der Waals surface area (Å²) in [6.45, 7) is 0.502. The molecule has 0 aliphatic rings. The number of alkyl halides is 1. The lowest BCUT2D eigenvalue weighted by Gasteiger charge is -2.11. The molecule has 2 aromatic carbocycles. The van der Waals surface area contributed by atoms with E-state index in [0.29, 0.717) is 39.4 Å². The van der Waals surface area contributed by atoms with Gasteiger partial charge in [0, 0.05) is 17.6 Å². The Bertz CT molecular complexity index is 1030. The zero-order chi connectivity index (χ0) is 21.5. The van der Waals surface area contributed by atoms with Crippen LogP contribution in [-0.4, -0.2) is 27.5 Å². The van der Waals surface area contributed by atoms with Gasteiger partial charge in [-0.05, 0) is 30.3 Å². The molecule has 3 aromatic rings. The molecule has 2 N–H and O–H groups in total. The maximum atomic E-state index is 12.9. The monoisotopic (exact) mass is 462 g/mol. The van der Waals surface area contributed by atoms with Crippen LogP contribution in [0.1, 0.15) is 5.56 Å². The zero-order valence-corrected chi connectivity index (χ0v) is 17.9. The number of aryl methyl sites for hydroxylation is 1. The average molecular weight is 464 g/mol. The summed E-state index contributed by atoms with van der Waals surface area (Å²) in [5.41, 5.74) is 1.20. The third kappa shape index (κ3) is 5.63. The maximum Gasteiger partial charge on any atom is 0.261 e. The van der Waals surface area contributed by atoms with Crippen LogP contribution in [-0.2, 0) is 16.1 Å². The fourth-order valence-corrected chi connectivity index (χ4v) is 3.11. The number of rotatable bonds is 7. The lowest BCUT2D eigenvalue weighted by molar-refractivity contribution is -0.118. The van der Waals surface area contributed by atoms with Crippen LogP contribution in [0.15, 0.2) is 66.5 Å². The average Bonchev–Trinajstić information content (AvgIpc) is 3.17. The van der Waals surface area contributed by atoms with Crippen LogP contribution in [0.4, 0.5) is 11.4 Å². The first kappa shape index (κ1) is 21.9. The minimum absolute atomic E-state index is 0.139. The third-order valence-electron chi connectivity index (χ3n) is 4.01. The first-order chi connectivity index (χ1) is 14.5. The Kier molecular flexibility index (Phi) is 7.52. The number of para-hydroxylation sites is 2. The van der Waals surface area contributed by atoms with Gasteiger partial charge in [0.1, 0.15) is 5.57 Å². The molecule has 30 heavy (non-hydrogen) atoms. The van der Waals surface area contributed by atoms with E-state index in [2.05, 4.69) is 15.7 Å². The number of benzene rings is 2. The van der Waals surface area contributed by atoms with E-state index in [1.54, 1.807) is 59.4 Å². The van der Waals surface area contributed by atoms with Gasteiger partial charge < -0.3 is 10.6 Å². The van der Waals surface area contributed by atoms with Gasteiger partial charge in [-0.3, -0.25) is 14.3 Å². The van der Waals surface area contributed by atoms with Gasteiger partial charge in [-0.2, -0.15) is 5.10 Å². The van der Waals surface area contributed by atoms with Gasteiger partial charge in [-0.15, -0.1) is 11.6 Å². The van der Waals surface area contributed by atoms with E-state index in [4.69, 9.17) is 34.8 Å². The number of carbonyl (C=O) groups is 2. The van der Waals surface area contributed by atoms with Crippen LogP contribution >= 0.6 is 34.8 Å². The number of hydrogen-bond acceptors (Lipinski definition) is 3. The third-order valence-corrected chi connectivity index (χ3v) is 4.84. The molecule has 2 amide bonds. The smallest absolute Gasteiger partial charge is 0.261 e. The SMILES string of the molecule is O=C(Nc1ccccc1Cl)C(=Cc1cnn(CCCl)c1)C(=O)Nc1ccccc1Cl. The maximum absolute atomic E-state index is 12.9. The van der Waals surface area contributed by atoms with Crippen molar-refractivity contribution in [2.75, 3.05) is 16.5 Å². The van der Waals surface area contributed by atoms with Gasteiger partial charge in [-0.1, -0.05) is 47.5 Å². The number of nitrogens with one attached hydrogen (secondary N) is 2. The molecule has 0 atom stereocenters. The highest BCUT2D eigenvalue weighted by Crippen LogP contribution is 2.24. The number of carbonyl (C=O) groups excluding carboxylic acids is 2. The molecule has 1 heterocycles. The molecule has 154 valence electrons. The molecule has 0 aliphatic carbocycles. The highest BCUT2D eigenvalue weighted by Gasteiger charge is 2.21. The molecule has 0 unspecified atom stereocenters. The van der Waals surface area contributed by atoms with Crippen molar-refractivity contribution >= 4 is 64.1 Å². The van der Waals surface area contributed by atoms with E-state index in [1.807, 2.05) is 0 Å². The Morgan fingerprint density at radius 2 is 1.47 bits per heavy atom. The number of nitrogens with zero attached hydrogens (tertiary/aromatic N) is 2. The van der Waals surface area contributed by atoms with E-state index in [1.165, 1.54) is 12.3 Å². The second-order valence-electron chi connectivity index (χ2n) is 6.15. The summed E-state index contributed by atoms with van der Waals surface area (Å²) in [6, 6.07) is 13.5. The molecule has 0 saturated heterocycles. The fraction of sp³-hybridized carbons (Fsp3) is 0.0952. The molecule has 0 saturated carbocycles. The standard InChI is InChI=1S/C21H17Cl3N4O2/c22-9-10-28-13-14(12-25-28)11-15(20(29)26-18-7-3-1-5-16(18)23)21(30)27-19-8-4-2-6-17(19)24/h1-8,11-13H,9-10H2,(H,26,29)(H,27,30). The van der Waals surface area contributed by atoms with Crippen LogP contribution in [0.25, 0.3) is 6.08 Å². The van der Waals surface area contributed by atoms with Gasteiger partial charge in [0.15, 0.2) is 0 Å². The number of anilines is 2. The van der Waals surface area contributed by atoms with Crippen LogP contribution in [0.5, 0.6) is 0 Å². The number of aromatic nitrogens is 2. The highest BCUT2D eigenvalue weighted by atomic mass is 35.5. The minimum Gasteiger partial charge on any atom is -0.320 e. The first-order valence-electron chi connectivity index (χ1n) is 8.90. The molecule has 3 rings (SSSR count). The number of hydrogen-bond donors (Lipinski definition) is 2. The Balaban J connectivity index is 1.91. The Labute approximate surface area is 188 Å². The topological polar surface area (TPSA) is 76.0 Å². The predicted octanol–water partition coefficient (Wildman–Crippen LogP) is 5.09. The molecule has 0 radical (unpaired) electrons. The quantitative estimate of drug-likeness (QED) is 0.222. The van der Waals surface area contributed by atoms with Gasteiger partial charge in [0.2, 0.25) is 0 Å². The molecular weight excluding hydrogens is 447 g/mol. The molecule has 0 bridgehead atoms. The molecule has 0 aliphatic heterocycles. The summed E-state index contributed by atoms with van der Waals surface area (Å²) >= 11 is 18.0. The molecular formula is C21H17Cl3N4O2. The van der Waals surface area contributed by atoms with Crippen molar-refractivity contribution in [2.24, 2.45) is 0 Å². The van der Waals surface area contributed by atoms with Crippen LogP contribution < -0.4 is 10.6 Å². The lowest BCUT2D eigenvalue weighted by atomic mass is 10.1. The number of amides is 2. The summed E-state index contributed by atoms with van der Waals surface area (Å²) < 4.78 is 1.62. The van der Waals surface area contributed by atoms with Crippen molar-refractivity contribution in [1.82, 2.24) is 9.78 Å². The van der Waals surface area contributed by atoms with E-state index in [-0.39, 0.29) is 5.57 Å². The zero-order valence-electron chi connectivity index (χ0n) is 15.6.